The van der Waals surface area contributed by atoms with Crippen LogP contribution < -0.4 is 10.5 Å². The molecule has 0 N–H and O–H groups in total. The minimum Gasteiger partial charge on any atom is -0.340 e. The van der Waals surface area contributed by atoms with Gasteiger partial charge in [0.05, 0.1) is 5.39 Å². The van der Waals surface area contributed by atoms with Crippen LogP contribution in [0.4, 0.5) is 5.95 Å². The Bertz CT molecular complexity index is 1050. The number of nitrogens with zero attached hydrogens (tertiary/aromatic N) is 4. The van der Waals surface area contributed by atoms with Gasteiger partial charge in [-0.05, 0) is 36.8 Å². The molecule has 1 fully saturated rings. The standard InChI is InChI=1S/C22H26N4OS/c1-24-21(27)19-17-9-5-6-10-18(17)28-20(19)23-22(24)26-13-11-25(12-14-26)15-16-7-3-2-4-8-16/h2-4,7-8H,5-6,9-15H2,1H3. The van der Waals surface area contributed by atoms with Crippen LogP contribution in [0.15, 0.2) is 35.1 Å². The fourth-order valence-corrected chi connectivity index (χ4v) is 5.75. The lowest BCUT2D eigenvalue weighted by Crippen LogP contribution is -2.47. The van der Waals surface area contributed by atoms with Gasteiger partial charge in [-0.2, -0.15) is 0 Å². The largest absolute Gasteiger partial charge is 0.340 e. The van der Waals surface area contributed by atoms with E-state index in [1.807, 2.05) is 7.05 Å². The second-order valence-electron chi connectivity index (χ2n) is 7.92. The minimum atomic E-state index is 0.131. The molecule has 146 valence electrons. The first kappa shape index (κ1) is 17.9. The summed E-state index contributed by atoms with van der Waals surface area (Å²) in [5.74, 6) is 0.829. The maximum absolute atomic E-state index is 13.1. The highest BCUT2D eigenvalue weighted by Gasteiger charge is 2.25. The van der Waals surface area contributed by atoms with E-state index in [0.29, 0.717) is 0 Å². The number of thiophene rings is 1. The van der Waals surface area contributed by atoms with E-state index in [4.69, 9.17) is 4.98 Å². The Morgan fingerprint density at radius 1 is 1.04 bits per heavy atom. The van der Waals surface area contributed by atoms with Crippen LogP contribution in [0.5, 0.6) is 0 Å². The number of anilines is 1. The highest BCUT2D eigenvalue weighted by molar-refractivity contribution is 7.18. The zero-order chi connectivity index (χ0) is 19.1. The van der Waals surface area contributed by atoms with Gasteiger partial charge in [-0.25, -0.2) is 4.98 Å². The van der Waals surface area contributed by atoms with Crippen molar-refractivity contribution in [1.82, 2.24) is 14.5 Å². The van der Waals surface area contributed by atoms with E-state index in [1.165, 1.54) is 28.8 Å². The number of rotatable bonds is 3. The number of benzene rings is 1. The number of aromatic nitrogens is 2. The predicted molar refractivity (Wildman–Crippen MR) is 115 cm³/mol. The molecule has 6 heteroatoms. The van der Waals surface area contributed by atoms with Crippen molar-refractivity contribution in [2.24, 2.45) is 7.05 Å². The van der Waals surface area contributed by atoms with Crippen molar-refractivity contribution in [1.29, 1.82) is 0 Å². The van der Waals surface area contributed by atoms with E-state index in [9.17, 15) is 4.79 Å². The van der Waals surface area contributed by atoms with Crippen molar-refractivity contribution in [2.45, 2.75) is 32.2 Å². The van der Waals surface area contributed by atoms with Gasteiger partial charge >= 0.3 is 0 Å². The lowest BCUT2D eigenvalue weighted by atomic mass is 9.97. The van der Waals surface area contributed by atoms with Crippen LogP contribution in [0.1, 0.15) is 28.8 Å². The van der Waals surface area contributed by atoms with E-state index in [1.54, 1.807) is 15.9 Å². The third-order valence-corrected chi connectivity index (χ3v) is 7.26. The van der Waals surface area contributed by atoms with Gasteiger partial charge in [0.1, 0.15) is 4.83 Å². The molecular weight excluding hydrogens is 368 g/mol. The van der Waals surface area contributed by atoms with Crippen LogP contribution >= 0.6 is 11.3 Å². The molecule has 0 bridgehead atoms. The fourth-order valence-electron chi connectivity index (χ4n) is 4.51. The maximum atomic E-state index is 13.1. The van der Waals surface area contributed by atoms with Crippen LogP contribution in [0.25, 0.3) is 10.2 Å². The molecule has 1 saturated heterocycles. The van der Waals surface area contributed by atoms with E-state index < -0.39 is 0 Å². The molecule has 5 rings (SSSR count). The van der Waals surface area contributed by atoms with Crippen molar-refractivity contribution in [3.8, 4) is 0 Å². The smallest absolute Gasteiger partial charge is 0.263 e. The number of aryl methyl sites for hydroxylation is 2. The molecule has 28 heavy (non-hydrogen) atoms. The van der Waals surface area contributed by atoms with Gasteiger partial charge in [-0.15, -0.1) is 11.3 Å². The molecule has 0 amide bonds. The van der Waals surface area contributed by atoms with Gasteiger partial charge in [-0.3, -0.25) is 14.3 Å². The van der Waals surface area contributed by atoms with Gasteiger partial charge in [-0.1, -0.05) is 30.3 Å². The second-order valence-corrected chi connectivity index (χ2v) is 9.00. The first-order valence-corrected chi connectivity index (χ1v) is 11.0. The Morgan fingerprint density at radius 3 is 2.57 bits per heavy atom. The summed E-state index contributed by atoms with van der Waals surface area (Å²) in [6, 6.07) is 10.6. The summed E-state index contributed by atoms with van der Waals surface area (Å²) < 4.78 is 1.77. The third-order valence-electron chi connectivity index (χ3n) is 6.08. The molecule has 0 saturated carbocycles. The van der Waals surface area contributed by atoms with Crippen LogP contribution in [-0.2, 0) is 26.4 Å². The first-order chi connectivity index (χ1) is 13.7. The molecular formula is C22H26N4OS. The van der Waals surface area contributed by atoms with Gasteiger partial charge in [0.25, 0.3) is 5.56 Å². The Labute approximate surface area is 169 Å². The molecule has 1 aliphatic heterocycles. The van der Waals surface area contributed by atoms with Gasteiger partial charge < -0.3 is 4.90 Å². The van der Waals surface area contributed by atoms with E-state index >= 15 is 0 Å². The van der Waals surface area contributed by atoms with Gasteiger partial charge in [0, 0.05) is 44.6 Å². The number of piperazine rings is 1. The summed E-state index contributed by atoms with van der Waals surface area (Å²) >= 11 is 1.74. The van der Waals surface area contributed by atoms with Crippen LogP contribution in [-0.4, -0.2) is 40.6 Å². The molecule has 1 aliphatic carbocycles. The molecule has 1 aromatic carbocycles. The summed E-state index contributed by atoms with van der Waals surface area (Å²) in [6.07, 6.45) is 4.56. The Morgan fingerprint density at radius 2 is 1.79 bits per heavy atom. The molecule has 5 nitrogen and oxygen atoms in total. The zero-order valence-corrected chi connectivity index (χ0v) is 17.2. The van der Waals surface area contributed by atoms with Crippen LogP contribution in [0, 0.1) is 0 Å². The molecule has 3 heterocycles. The zero-order valence-electron chi connectivity index (χ0n) is 16.4. The lowest BCUT2D eigenvalue weighted by Gasteiger charge is -2.35. The number of fused-ring (bicyclic) bond motifs is 3. The molecule has 2 aromatic heterocycles. The molecule has 3 aromatic rings. The predicted octanol–water partition coefficient (Wildman–Crippen LogP) is 3.20. The first-order valence-electron chi connectivity index (χ1n) is 10.2. The topological polar surface area (TPSA) is 41.4 Å². The number of hydrogen-bond donors (Lipinski definition) is 0. The molecule has 2 aliphatic rings. The van der Waals surface area contributed by atoms with Gasteiger partial charge in [0.15, 0.2) is 0 Å². The molecule has 0 spiro atoms. The maximum Gasteiger partial charge on any atom is 0.263 e. The van der Waals surface area contributed by atoms with Crippen molar-refractivity contribution < 1.29 is 0 Å². The third kappa shape index (κ3) is 3.14. The fraction of sp³-hybridized carbons (Fsp3) is 0.455. The van der Waals surface area contributed by atoms with Crippen molar-refractivity contribution in [3.05, 3.63) is 56.7 Å². The van der Waals surface area contributed by atoms with Gasteiger partial charge in [0.2, 0.25) is 5.95 Å². The highest BCUT2D eigenvalue weighted by atomic mass is 32.1. The van der Waals surface area contributed by atoms with Crippen LogP contribution in [0.2, 0.25) is 0 Å². The lowest BCUT2D eigenvalue weighted by molar-refractivity contribution is 0.248. The minimum absolute atomic E-state index is 0.131. The van der Waals surface area contributed by atoms with Crippen LogP contribution in [0.3, 0.4) is 0 Å². The van der Waals surface area contributed by atoms with E-state index in [2.05, 4.69) is 40.1 Å². The Balaban J connectivity index is 1.38. The average molecular weight is 395 g/mol. The van der Waals surface area contributed by atoms with E-state index in [0.717, 1.165) is 61.7 Å². The SMILES string of the molecule is Cn1c(N2CCN(Cc3ccccc3)CC2)nc2sc3c(c2c1=O)CCCC3. The average Bonchev–Trinajstić information content (AvgIpc) is 3.11. The summed E-state index contributed by atoms with van der Waals surface area (Å²) in [4.78, 5) is 25.2. The summed E-state index contributed by atoms with van der Waals surface area (Å²) in [5, 5.41) is 0.883. The summed E-state index contributed by atoms with van der Waals surface area (Å²) in [7, 11) is 1.88. The highest BCUT2D eigenvalue weighted by Crippen LogP contribution is 2.34. The Kier molecular flexibility index (Phi) is 4.69. The normalized spacial score (nSPS) is 17.8. The second kappa shape index (κ2) is 7.33. The molecule has 0 radical (unpaired) electrons. The molecule has 0 unspecified atom stereocenters. The Hall–Kier alpha value is -2.18. The van der Waals surface area contributed by atoms with Crippen molar-refractivity contribution in [3.63, 3.8) is 0 Å². The van der Waals surface area contributed by atoms with Crippen molar-refractivity contribution >= 4 is 27.5 Å². The summed E-state index contributed by atoms with van der Waals surface area (Å²) in [6.45, 7) is 4.78. The number of hydrogen-bond acceptors (Lipinski definition) is 5. The van der Waals surface area contributed by atoms with E-state index in [-0.39, 0.29) is 5.56 Å². The summed E-state index contributed by atoms with van der Waals surface area (Å²) in [5.41, 5.74) is 2.76. The monoisotopic (exact) mass is 394 g/mol. The molecule has 0 atom stereocenters. The van der Waals surface area contributed by atoms with Crippen molar-refractivity contribution in [2.75, 3.05) is 31.1 Å². The quantitative estimate of drug-likeness (QED) is 0.684.